The Kier molecular flexibility index (Phi) is 14.4. The predicted molar refractivity (Wildman–Crippen MR) is 113 cm³/mol. The van der Waals surface area contributed by atoms with Crippen molar-refractivity contribution in [3.05, 3.63) is 35.6 Å². The summed E-state index contributed by atoms with van der Waals surface area (Å²) < 4.78 is 18.5. The minimum Gasteiger partial charge on any atom is -0.375 e. The molecule has 1 rings (SSSR count). The fourth-order valence-electron chi connectivity index (χ4n) is 2.09. The summed E-state index contributed by atoms with van der Waals surface area (Å²) in [7, 11) is 1.65. The van der Waals surface area contributed by atoms with E-state index >= 15 is 0 Å². The van der Waals surface area contributed by atoms with Crippen LogP contribution in [0.1, 0.15) is 31.4 Å². The van der Waals surface area contributed by atoms with Crippen LogP contribution in [0.25, 0.3) is 0 Å². The zero-order valence-electron chi connectivity index (χ0n) is 14.7. The molecule has 0 aliphatic heterocycles. The summed E-state index contributed by atoms with van der Waals surface area (Å²) in [5.41, 5.74) is 0.925. The molecule has 0 saturated carbocycles. The van der Waals surface area contributed by atoms with Crippen molar-refractivity contribution in [2.24, 2.45) is 4.99 Å². The molecule has 0 radical (unpaired) electrons. The highest BCUT2D eigenvalue weighted by molar-refractivity contribution is 14.0. The number of nitrogens with zero attached hydrogens (tertiary/aromatic N) is 1. The van der Waals surface area contributed by atoms with E-state index in [1.165, 1.54) is 24.3 Å². The van der Waals surface area contributed by atoms with Gasteiger partial charge in [0.25, 0.3) is 0 Å². The van der Waals surface area contributed by atoms with Crippen molar-refractivity contribution in [2.45, 2.75) is 25.9 Å². The summed E-state index contributed by atoms with van der Waals surface area (Å²) in [4.78, 5) is 4.57. The fourth-order valence-corrected chi connectivity index (χ4v) is 2.58. The summed E-state index contributed by atoms with van der Waals surface area (Å²) in [6.07, 6.45) is 4.27. The zero-order chi connectivity index (χ0) is 16.9. The van der Waals surface area contributed by atoms with Crippen LogP contribution in [-0.4, -0.2) is 44.7 Å². The van der Waals surface area contributed by atoms with Crippen LogP contribution in [-0.2, 0) is 4.74 Å². The average Bonchev–Trinajstić information content (AvgIpc) is 2.56. The molecule has 7 heteroatoms. The number of ether oxygens (including phenoxy) is 1. The first kappa shape index (κ1) is 23.5. The number of hydrogen-bond acceptors (Lipinski definition) is 3. The first-order valence-corrected chi connectivity index (χ1v) is 9.40. The van der Waals surface area contributed by atoms with Crippen molar-refractivity contribution >= 4 is 41.7 Å². The van der Waals surface area contributed by atoms with Crippen molar-refractivity contribution in [1.29, 1.82) is 0 Å². The molecular formula is C17H29FIN3OS. The molecule has 0 aromatic heterocycles. The lowest BCUT2D eigenvalue weighted by Gasteiger charge is -2.16. The van der Waals surface area contributed by atoms with Gasteiger partial charge < -0.3 is 15.4 Å². The molecule has 138 valence electrons. The summed E-state index contributed by atoms with van der Waals surface area (Å²) in [5.74, 6) is 1.74. The van der Waals surface area contributed by atoms with Crippen LogP contribution >= 0.6 is 35.7 Å². The molecule has 0 saturated heterocycles. The van der Waals surface area contributed by atoms with E-state index in [2.05, 4.69) is 21.9 Å². The third-order valence-electron chi connectivity index (χ3n) is 3.35. The molecule has 1 atom stereocenters. The standard InChI is InChI=1S/C17H28FN3OS.HI/c1-4-19-17(20-11-5-6-12-23-3)21-13-16(22-2)14-7-9-15(18)10-8-14;/h7-10,16H,4-6,11-13H2,1-3H3,(H2,19,20,21);1H. The Hall–Kier alpha value is -0.540. The molecule has 0 aliphatic rings. The van der Waals surface area contributed by atoms with Crippen LogP contribution in [0.2, 0.25) is 0 Å². The minimum atomic E-state index is -0.243. The second-order valence-electron chi connectivity index (χ2n) is 5.12. The number of halogens is 2. The normalized spacial score (nSPS) is 12.4. The highest BCUT2D eigenvalue weighted by atomic mass is 127. The highest BCUT2D eigenvalue weighted by Crippen LogP contribution is 2.17. The number of aliphatic imine (C=N–C) groups is 1. The van der Waals surface area contributed by atoms with E-state index in [4.69, 9.17) is 4.74 Å². The summed E-state index contributed by atoms with van der Waals surface area (Å²) in [6.45, 7) is 4.24. The maximum Gasteiger partial charge on any atom is 0.191 e. The van der Waals surface area contributed by atoms with Crippen LogP contribution in [0.3, 0.4) is 0 Å². The van der Waals surface area contributed by atoms with Gasteiger partial charge in [0.15, 0.2) is 5.96 Å². The van der Waals surface area contributed by atoms with Crippen molar-refractivity contribution in [1.82, 2.24) is 10.6 Å². The summed E-state index contributed by atoms with van der Waals surface area (Å²) in [5, 5.41) is 6.57. The molecular weight excluding hydrogens is 440 g/mol. The lowest BCUT2D eigenvalue weighted by Crippen LogP contribution is -2.38. The number of nitrogens with one attached hydrogen (secondary N) is 2. The molecule has 1 aromatic carbocycles. The topological polar surface area (TPSA) is 45.7 Å². The molecule has 1 aromatic rings. The monoisotopic (exact) mass is 469 g/mol. The lowest BCUT2D eigenvalue weighted by atomic mass is 10.1. The van der Waals surface area contributed by atoms with Gasteiger partial charge in [-0.25, -0.2) is 4.39 Å². The van der Waals surface area contributed by atoms with Gasteiger partial charge >= 0.3 is 0 Å². The second kappa shape index (κ2) is 14.8. The van der Waals surface area contributed by atoms with E-state index in [9.17, 15) is 4.39 Å². The molecule has 0 fully saturated rings. The van der Waals surface area contributed by atoms with Crippen molar-refractivity contribution < 1.29 is 9.13 Å². The van der Waals surface area contributed by atoms with Gasteiger partial charge in [-0.15, -0.1) is 24.0 Å². The Labute approximate surface area is 166 Å². The zero-order valence-corrected chi connectivity index (χ0v) is 17.8. The van der Waals surface area contributed by atoms with E-state index in [1.54, 1.807) is 19.2 Å². The van der Waals surface area contributed by atoms with E-state index in [0.717, 1.165) is 31.0 Å². The first-order chi connectivity index (χ1) is 11.2. The van der Waals surface area contributed by atoms with Gasteiger partial charge in [-0.2, -0.15) is 11.8 Å². The number of thioether (sulfide) groups is 1. The van der Waals surface area contributed by atoms with Crippen molar-refractivity contribution in [3.63, 3.8) is 0 Å². The Balaban J connectivity index is 0.00000529. The molecule has 1 unspecified atom stereocenters. The number of unbranched alkanes of at least 4 members (excludes halogenated alkanes) is 1. The number of methoxy groups -OCH3 is 1. The van der Waals surface area contributed by atoms with Gasteiger partial charge in [-0.3, -0.25) is 4.99 Å². The van der Waals surface area contributed by atoms with E-state index < -0.39 is 0 Å². The maximum atomic E-state index is 13.0. The van der Waals surface area contributed by atoms with Crippen LogP contribution in [0.5, 0.6) is 0 Å². The SMILES string of the molecule is CCNC(=NCC(OC)c1ccc(F)cc1)NCCCCSC.I. The molecule has 0 amide bonds. The third kappa shape index (κ3) is 9.68. The molecule has 2 N–H and O–H groups in total. The minimum absolute atomic E-state index is 0. The Morgan fingerprint density at radius 1 is 1.25 bits per heavy atom. The summed E-state index contributed by atoms with van der Waals surface area (Å²) in [6, 6.07) is 6.37. The number of rotatable bonds is 10. The number of guanidine groups is 1. The third-order valence-corrected chi connectivity index (χ3v) is 4.05. The Morgan fingerprint density at radius 2 is 1.96 bits per heavy atom. The van der Waals surface area contributed by atoms with E-state index in [-0.39, 0.29) is 35.9 Å². The first-order valence-electron chi connectivity index (χ1n) is 8.00. The van der Waals surface area contributed by atoms with Gasteiger partial charge in [-0.1, -0.05) is 12.1 Å². The van der Waals surface area contributed by atoms with Gasteiger partial charge in [0.05, 0.1) is 6.54 Å². The number of hydrogen-bond donors (Lipinski definition) is 2. The largest absolute Gasteiger partial charge is 0.375 e. The molecule has 0 aliphatic carbocycles. The van der Waals surface area contributed by atoms with Gasteiger partial charge in [-0.05, 0) is 49.5 Å². The van der Waals surface area contributed by atoms with E-state index in [0.29, 0.717) is 6.54 Å². The second-order valence-corrected chi connectivity index (χ2v) is 6.11. The average molecular weight is 469 g/mol. The van der Waals surface area contributed by atoms with Crippen LogP contribution < -0.4 is 10.6 Å². The summed E-state index contributed by atoms with van der Waals surface area (Å²) >= 11 is 1.87. The smallest absolute Gasteiger partial charge is 0.191 e. The highest BCUT2D eigenvalue weighted by Gasteiger charge is 2.10. The van der Waals surface area contributed by atoms with Crippen LogP contribution in [0.4, 0.5) is 4.39 Å². The Morgan fingerprint density at radius 3 is 2.54 bits per heavy atom. The maximum absolute atomic E-state index is 13.0. The molecule has 0 spiro atoms. The molecule has 4 nitrogen and oxygen atoms in total. The van der Waals surface area contributed by atoms with Gasteiger partial charge in [0, 0.05) is 20.2 Å². The Bertz CT molecular complexity index is 460. The van der Waals surface area contributed by atoms with Gasteiger partial charge in [0.2, 0.25) is 0 Å². The van der Waals surface area contributed by atoms with Crippen LogP contribution in [0.15, 0.2) is 29.3 Å². The van der Waals surface area contributed by atoms with E-state index in [1.807, 2.05) is 18.7 Å². The fraction of sp³-hybridized carbons (Fsp3) is 0.588. The predicted octanol–water partition coefficient (Wildman–Crippen LogP) is 3.83. The molecule has 0 bridgehead atoms. The van der Waals surface area contributed by atoms with Crippen LogP contribution in [0, 0.1) is 5.82 Å². The van der Waals surface area contributed by atoms with Crippen molar-refractivity contribution in [3.8, 4) is 0 Å². The quantitative estimate of drug-likeness (QED) is 0.237. The van der Waals surface area contributed by atoms with Crippen molar-refractivity contribution in [2.75, 3.05) is 38.8 Å². The number of benzene rings is 1. The molecule has 0 heterocycles. The lowest BCUT2D eigenvalue weighted by molar-refractivity contribution is 0.111. The molecule has 24 heavy (non-hydrogen) atoms. The van der Waals surface area contributed by atoms with Gasteiger partial charge in [0.1, 0.15) is 11.9 Å².